The summed E-state index contributed by atoms with van der Waals surface area (Å²) >= 11 is 0. The molecule has 1 aromatic heterocycles. The maximum absolute atomic E-state index is 12.7. The highest BCUT2D eigenvalue weighted by molar-refractivity contribution is 6.13. The number of carbonyl (C=O) groups is 4. The smallest absolute Gasteiger partial charge is 0.424 e. The summed E-state index contributed by atoms with van der Waals surface area (Å²) in [5.74, 6) is -0.903. The molecule has 1 rings (SSSR count). The van der Waals surface area contributed by atoms with E-state index in [1.165, 1.54) is 0 Å². The first kappa shape index (κ1) is 22.1. The number of anilines is 1. The van der Waals surface area contributed by atoms with Crippen LogP contribution in [0.5, 0.6) is 0 Å². The van der Waals surface area contributed by atoms with E-state index in [9.17, 15) is 19.2 Å². The second kappa shape index (κ2) is 8.15. The van der Waals surface area contributed by atoms with Crippen molar-refractivity contribution in [2.75, 3.05) is 12.0 Å². The van der Waals surface area contributed by atoms with E-state index in [2.05, 4.69) is 9.72 Å². The molecule has 0 saturated heterocycles. The number of hydrogen-bond donors (Lipinski definition) is 0. The Labute approximate surface area is 157 Å². The number of rotatable bonds is 3. The Kier molecular flexibility index (Phi) is 6.66. The van der Waals surface area contributed by atoms with Crippen LogP contribution < -0.4 is 4.90 Å². The Morgan fingerprint density at radius 3 is 1.85 bits per heavy atom. The van der Waals surface area contributed by atoms with Gasteiger partial charge in [-0.2, -0.15) is 4.90 Å². The monoisotopic (exact) mass is 380 g/mol. The minimum atomic E-state index is -1.09. The molecule has 0 aromatic carbocycles. The van der Waals surface area contributed by atoms with E-state index in [0.717, 1.165) is 19.4 Å². The molecule has 0 spiro atoms. The molecule has 0 atom stereocenters. The van der Waals surface area contributed by atoms with Gasteiger partial charge in [-0.05, 0) is 47.6 Å². The number of carbonyl (C=O) groups excluding carboxylic acids is 4. The number of aromatic nitrogens is 1. The zero-order chi connectivity index (χ0) is 21.0. The van der Waals surface area contributed by atoms with Crippen LogP contribution in [0.25, 0.3) is 0 Å². The maximum atomic E-state index is 12.7. The first-order valence-corrected chi connectivity index (χ1v) is 8.08. The van der Waals surface area contributed by atoms with Crippen molar-refractivity contribution in [3.63, 3.8) is 0 Å². The van der Waals surface area contributed by atoms with E-state index in [1.54, 1.807) is 41.5 Å². The summed E-state index contributed by atoms with van der Waals surface area (Å²) in [6, 6.07) is 1.15. The third-order valence-corrected chi connectivity index (χ3v) is 2.80. The fourth-order valence-electron chi connectivity index (χ4n) is 1.84. The summed E-state index contributed by atoms with van der Waals surface area (Å²) in [4.78, 5) is 52.9. The highest BCUT2D eigenvalue weighted by Crippen LogP contribution is 2.25. The van der Waals surface area contributed by atoms with Crippen LogP contribution >= 0.6 is 0 Å². The van der Waals surface area contributed by atoms with Crippen molar-refractivity contribution < 1.29 is 33.4 Å². The molecule has 0 fully saturated rings. The molecule has 148 valence electrons. The SMILES string of the molecule is COC(=O)c1ncc(C=O)cc1N(C(=O)OC(C)(C)C)C(=O)OC(C)(C)C. The fraction of sp³-hybridized carbons (Fsp3) is 0.500. The Morgan fingerprint density at radius 2 is 1.48 bits per heavy atom. The molecule has 27 heavy (non-hydrogen) atoms. The molecule has 0 bridgehead atoms. The standard InChI is InChI=1S/C18H24N2O7/c1-17(2,3)26-15(23)20(16(24)27-18(4,5)6)12-8-11(10-21)9-19-13(12)14(22)25-7/h8-10H,1-7H3. The summed E-state index contributed by atoms with van der Waals surface area (Å²) in [6.07, 6.45) is -0.607. The predicted octanol–water partition coefficient (Wildman–Crippen LogP) is 3.36. The van der Waals surface area contributed by atoms with E-state index in [0.29, 0.717) is 11.2 Å². The lowest BCUT2D eigenvalue weighted by atomic mass is 10.2. The third-order valence-electron chi connectivity index (χ3n) is 2.80. The summed E-state index contributed by atoms with van der Waals surface area (Å²) in [5, 5.41) is 0. The molecule has 9 heteroatoms. The molecule has 1 heterocycles. The molecule has 0 aliphatic carbocycles. The lowest BCUT2D eigenvalue weighted by molar-refractivity contribution is 0.0430. The first-order chi connectivity index (χ1) is 12.3. The second-order valence-corrected chi connectivity index (χ2v) is 7.54. The van der Waals surface area contributed by atoms with Gasteiger partial charge in [0.25, 0.3) is 0 Å². The number of aldehydes is 1. The van der Waals surface area contributed by atoms with Crippen molar-refractivity contribution in [2.45, 2.75) is 52.7 Å². The fourth-order valence-corrected chi connectivity index (χ4v) is 1.84. The average Bonchev–Trinajstić information content (AvgIpc) is 2.50. The number of hydrogen-bond acceptors (Lipinski definition) is 8. The van der Waals surface area contributed by atoms with E-state index >= 15 is 0 Å². The predicted molar refractivity (Wildman–Crippen MR) is 95.9 cm³/mol. The van der Waals surface area contributed by atoms with Crippen LogP contribution in [0.1, 0.15) is 62.4 Å². The highest BCUT2D eigenvalue weighted by atomic mass is 16.6. The first-order valence-electron chi connectivity index (χ1n) is 8.08. The van der Waals surface area contributed by atoms with Gasteiger partial charge < -0.3 is 14.2 Å². The van der Waals surface area contributed by atoms with Crippen LogP contribution in [0.2, 0.25) is 0 Å². The minimum Gasteiger partial charge on any atom is -0.464 e. The number of esters is 1. The van der Waals surface area contributed by atoms with Gasteiger partial charge in [0.15, 0.2) is 12.0 Å². The minimum absolute atomic E-state index is 0.0368. The Balaban J connectivity index is 3.58. The lowest BCUT2D eigenvalue weighted by Gasteiger charge is -2.29. The number of methoxy groups -OCH3 is 1. The van der Waals surface area contributed by atoms with Crippen molar-refractivity contribution >= 4 is 30.1 Å². The van der Waals surface area contributed by atoms with Gasteiger partial charge in [-0.3, -0.25) is 4.79 Å². The van der Waals surface area contributed by atoms with Crippen LogP contribution in [-0.4, -0.2) is 47.7 Å². The molecule has 9 nitrogen and oxygen atoms in total. The van der Waals surface area contributed by atoms with Crippen LogP contribution in [0.3, 0.4) is 0 Å². The van der Waals surface area contributed by atoms with E-state index in [4.69, 9.17) is 9.47 Å². The van der Waals surface area contributed by atoms with Gasteiger partial charge in [0.2, 0.25) is 0 Å². The van der Waals surface area contributed by atoms with E-state index in [-0.39, 0.29) is 16.9 Å². The summed E-state index contributed by atoms with van der Waals surface area (Å²) in [5.41, 5.74) is -2.46. The molecule has 0 saturated carbocycles. The molecule has 0 aliphatic rings. The van der Waals surface area contributed by atoms with E-state index < -0.39 is 29.4 Å². The van der Waals surface area contributed by atoms with Crippen LogP contribution in [0, 0.1) is 0 Å². The quantitative estimate of drug-likeness (QED) is 0.446. The summed E-state index contributed by atoms with van der Waals surface area (Å²) in [7, 11) is 1.12. The van der Waals surface area contributed by atoms with Gasteiger partial charge >= 0.3 is 18.2 Å². The van der Waals surface area contributed by atoms with Crippen LogP contribution in [0.15, 0.2) is 12.3 Å². The number of pyridine rings is 1. The molecule has 0 aliphatic heterocycles. The Bertz CT molecular complexity index is 717. The zero-order valence-electron chi connectivity index (χ0n) is 16.5. The zero-order valence-corrected chi connectivity index (χ0v) is 16.5. The lowest BCUT2D eigenvalue weighted by Crippen LogP contribution is -2.44. The van der Waals surface area contributed by atoms with Crippen molar-refractivity contribution in [3.05, 3.63) is 23.5 Å². The van der Waals surface area contributed by atoms with Crippen molar-refractivity contribution in [1.82, 2.24) is 4.98 Å². The molecule has 1 aromatic rings. The number of amides is 2. The van der Waals surface area contributed by atoms with Crippen LogP contribution in [-0.2, 0) is 14.2 Å². The molecule has 0 N–H and O–H groups in total. The molecular weight excluding hydrogens is 356 g/mol. The largest absolute Gasteiger partial charge is 0.464 e. The molecular formula is C18H24N2O7. The molecule has 0 unspecified atom stereocenters. The van der Waals surface area contributed by atoms with Crippen molar-refractivity contribution in [3.8, 4) is 0 Å². The highest BCUT2D eigenvalue weighted by Gasteiger charge is 2.36. The number of nitrogens with zero attached hydrogens (tertiary/aromatic N) is 2. The van der Waals surface area contributed by atoms with Crippen molar-refractivity contribution in [1.29, 1.82) is 0 Å². The summed E-state index contributed by atoms with van der Waals surface area (Å²) < 4.78 is 15.1. The van der Waals surface area contributed by atoms with Crippen LogP contribution in [0.4, 0.5) is 15.3 Å². The summed E-state index contributed by atoms with van der Waals surface area (Å²) in [6.45, 7) is 9.66. The van der Waals surface area contributed by atoms with Gasteiger partial charge in [0.05, 0.1) is 12.8 Å². The third kappa shape index (κ3) is 6.36. The van der Waals surface area contributed by atoms with Gasteiger partial charge in [-0.25, -0.2) is 19.4 Å². The Morgan fingerprint density at radius 1 is 1.00 bits per heavy atom. The second-order valence-electron chi connectivity index (χ2n) is 7.54. The number of imide groups is 1. The van der Waals surface area contributed by atoms with Gasteiger partial charge in [-0.15, -0.1) is 0 Å². The average molecular weight is 380 g/mol. The van der Waals surface area contributed by atoms with Gasteiger partial charge in [-0.1, -0.05) is 0 Å². The van der Waals surface area contributed by atoms with Crippen molar-refractivity contribution in [2.24, 2.45) is 0 Å². The topological polar surface area (TPSA) is 112 Å². The Hall–Kier alpha value is -2.97. The van der Waals surface area contributed by atoms with Gasteiger partial charge in [0.1, 0.15) is 11.2 Å². The number of ether oxygens (including phenoxy) is 3. The van der Waals surface area contributed by atoms with Gasteiger partial charge in [0, 0.05) is 11.8 Å². The normalized spacial score (nSPS) is 11.4. The molecule has 2 amide bonds. The van der Waals surface area contributed by atoms with E-state index in [1.807, 2.05) is 0 Å². The maximum Gasteiger partial charge on any atom is 0.424 e. The molecule has 0 radical (unpaired) electrons.